The van der Waals surface area contributed by atoms with Gasteiger partial charge in [-0.25, -0.2) is 0 Å². The number of methoxy groups -OCH3 is 1. The number of nitrogens with two attached hydrogens (primary N) is 1. The van der Waals surface area contributed by atoms with Gasteiger partial charge < -0.3 is 25.3 Å². The van der Waals surface area contributed by atoms with E-state index in [1.165, 1.54) is 0 Å². The SMILES string of the molecule is COc1ccc(NC(=O)CCOC2CCOC2)c(N)c1. The summed E-state index contributed by atoms with van der Waals surface area (Å²) in [6.45, 7) is 1.74. The van der Waals surface area contributed by atoms with Gasteiger partial charge in [-0.05, 0) is 18.6 Å². The Labute approximate surface area is 118 Å². The number of nitrogens with one attached hydrogen (secondary N) is 1. The van der Waals surface area contributed by atoms with Crippen LogP contribution >= 0.6 is 0 Å². The van der Waals surface area contributed by atoms with Crippen LogP contribution in [0.3, 0.4) is 0 Å². The second kappa shape index (κ2) is 7.12. The first-order valence-electron chi connectivity index (χ1n) is 6.61. The Morgan fingerprint density at radius 1 is 1.55 bits per heavy atom. The van der Waals surface area contributed by atoms with Gasteiger partial charge in [0.25, 0.3) is 0 Å². The van der Waals surface area contributed by atoms with E-state index in [0.717, 1.165) is 13.0 Å². The maximum Gasteiger partial charge on any atom is 0.226 e. The molecule has 0 aromatic heterocycles. The fourth-order valence-corrected chi connectivity index (χ4v) is 1.96. The van der Waals surface area contributed by atoms with Crippen molar-refractivity contribution in [3.05, 3.63) is 18.2 Å². The van der Waals surface area contributed by atoms with Gasteiger partial charge in [0.15, 0.2) is 0 Å². The number of ether oxygens (including phenoxy) is 3. The van der Waals surface area contributed by atoms with Crippen molar-refractivity contribution in [1.29, 1.82) is 0 Å². The Bertz CT molecular complexity index is 458. The Hall–Kier alpha value is -1.79. The minimum Gasteiger partial charge on any atom is -0.497 e. The van der Waals surface area contributed by atoms with E-state index in [1.807, 2.05) is 0 Å². The van der Waals surface area contributed by atoms with Gasteiger partial charge in [0.05, 0.1) is 44.2 Å². The van der Waals surface area contributed by atoms with E-state index < -0.39 is 0 Å². The summed E-state index contributed by atoms with van der Waals surface area (Å²) in [5, 5.41) is 2.76. The fourth-order valence-electron chi connectivity index (χ4n) is 1.96. The fraction of sp³-hybridized carbons (Fsp3) is 0.500. The minimum atomic E-state index is -0.124. The number of carbonyl (C=O) groups excluding carboxylic acids is 1. The van der Waals surface area contributed by atoms with Gasteiger partial charge in [0.2, 0.25) is 5.91 Å². The molecular weight excluding hydrogens is 260 g/mol. The molecule has 3 N–H and O–H groups in total. The summed E-state index contributed by atoms with van der Waals surface area (Å²) < 4.78 is 15.8. The molecule has 1 aliphatic heterocycles. The van der Waals surface area contributed by atoms with Gasteiger partial charge in [-0.2, -0.15) is 0 Å². The zero-order chi connectivity index (χ0) is 14.4. The maximum absolute atomic E-state index is 11.8. The number of anilines is 2. The summed E-state index contributed by atoms with van der Waals surface area (Å²) >= 11 is 0. The van der Waals surface area contributed by atoms with Crippen LogP contribution in [0.2, 0.25) is 0 Å². The average molecular weight is 280 g/mol. The van der Waals surface area contributed by atoms with Crippen LogP contribution in [0, 0.1) is 0 Å². The van der Waals surface area contributed by atoms with E-state index in [0.29, 0.717) is 36.8 Å². The van der Waals surface area contributed by atoms with Gasteiger partial charge in [-0.3, -0.25) is 4.79 Å². The summed E-state index contributed by atoms with van der Waals surface area (Å²) in [7, 11) is 1.57. The summed E-state index contributed by atoms with van der Waals surface area (Å²) in [6, 6.07) is 5.14. The molecule has 0 saturated carbocycles. The van der Waals surface area contributed by atoms with Crippen LogP contribution in [0.25, 0.3) is 0 Å². The third kappa shape index (κ3) is 4.11. The molecule has 0 aliphatic carbocycles. The van der Waals surface area contributed by atoms with Gasteiger partial charge >= 0.3 is 0 Å². The molecule has 1 atom stereocenters. The molecule has 1 aliphatic rings. The molecule has 2 rings (SSSR count). The second-order valence-electron chi connectivity index (χ2n) is 4.61. The molecule has 1 amide bonds. The molecule has 20 heavy (non-hydrogen) atoms. The summed E-state index contributed by atoms with van der Waals surface area (Å²) in [6.07, 6.45) is 1.31. The number of nitrogen functional groups attached to an aromatic ring is 1. The first-order valence-corrected chi connectivity index (χ1v) is 6.61. The zero-order valence-electron chi connectivity index (χ0n) is 11.6. The Morgan fingerprint density at radius 2 is 2.40 bits per heavy atom. The molecule has 1 aromatic carbocycles. The molecular formula is C14H20N2O4. The standard InChI is InChI=1S/C14H20N2O4/c1-18-10-2-3-13(12(15)8-10)16-14(17)5-7-20-11-4-6-19-9-11/h2-3,8,11H,4-7,9,15H2,1H3,(H,16,17). The lowest BCUT2D eigenvalue weighted by molar-refractivity contribution is -0.117. The lowest BCUT2D eigenvalue weighted by atomic mass is 10.2. The largest absolute Gasteiger partial charge is 0.497 e. The highest BCUT2D eigenvalue weighted by atomic mass is 16.5. The average Bonchev–Trinajstić information content (AvgIpc) is 2.94. The highest BCUT2D eigenvalue weighted by molar-refractivity contribution is 5.94. The minimum absolute atomic E-state index is 0.119. The molecule has 1 fully saturated rings. The van der Waals surface area contributed by atoms with E-state index in [-0.39, 0.29) is 12.0 Å². The van der Waals surface area contributed by atoms with Crippen LogP contribution in [0.5, 0.6) is 5.75 Å². The van der Waals surface area contributed by atoms with Crippen LogP contribution in [0.4, 0.5) is 11.4 Å². The van der Waals surface area contributed by atoms with Crippen molar-refractivity contribution in [1.82, 2.24) is 0 Å². The van der Waals surface area contributed by atoms with Crippen molar-refractivity contribution in [2.45, 2.75) is 18.9 Å². The van der Waals surface area contributed by atoms with Crippen LogP contribution in [-0.4, -0.2) is 38.9 Å². The predicted molar refractivity (Wildman–Crippen MR) is 75.8 cm³/mol. The van der Waals surface area contributed by atoms with Crippen LogP contribution in [0.1, 0.15) is 12.8 Å². The van der Waals surface area contributed by atoms with E-state index in [2.05, 4.69) is 5.32 Å². The second-order valence-corrected chi connectivity index (χ2v) is 4.61. The quantitative estimate of drug-likeness (QED) is 0.770. The van der Waals surface area contributed by atoms with E-state index in [4.69, 9.17) is 19.9 Å². The van der Waals surface area contributed by atoms with Gasteiger partial charge in [-0.1, -0.05) is 0 Å². The Morgan fingerprint density at radius 3 is 3.05 bits per heavy atom. The van der Waals surface area contributed by atoms with E-state index in [9.17, 15) is 4.79 Å². The van der Waals surface area contributed by atoms with Crippen molar-refractivity contribution >= 4 is 17.3 Å². The lowest BCUT2D eigenvalue weighted by Gasteiger charge is -2.11. The van der Waals surface area contributed by atoms with Crippen molar-refractivity contribution < 1.29 is 19.0 Å². The molecule has 6 nitrogen and oxygen atoms in total. The first-order chi connectivity index (χ1) is 9.69. The van der Waals surface area contributed by atoms with E-state index >= 15 is 0 Å². The molecule has 0 radical (unpaired) electrons. The number of benzene rings is 1. The summed E-state index contributed by atoms with van der Waals surface area (Å²) in [5.41, 5.74) is 6.89. The van der Waals surface area contributed by atoms with Crippen LogP contribution in [-0.2, 0) is 14.3 Å². The highest BCUT2D eigenvalue weighted by Crippen LogP contribution is 2.24. The zero-order valence-corrected chi connectivity index (χ0v) is 11.6. The van der Waals surface area contributed by atoms with Crippen molar-refractivity contribution in [3.63, 3.8) is 0 Å². The molecule has 0 bridgehead atoms. The van der Waals surface area contributed by atoms with Crippen molar-refractivity contribution in [2.24, 2.45) is 0 Å². The first kappa shape index (κ1) is 14.6. The Kier molecular flexibility index (Phi) is 5.20. The van der Waals surface area contributed by atoms with Gasteiger partial charge in [0, 0.05) is 12.7 Å². The number of hydrogen-bond donors (Lipinski definition) is 2. The predicted octanol–water partition coefficient (Wildman–Crippen LogP) is 1.41. The third-order valence-electron chi connectivity index (χ3n) is 3.10. The smallest absolute Gasteiger partial charge is 0.226 e. The van der Waals surface area contributed by atoms with E-state index in [1.54, 1.807) is 25.3 Å². The third-order valence-corrected chi connectivity index (χ3v) is 3.10. The topological polar surface area (TPSA) is 82.8 Å². The number of amides is 1. The number of hydrogen-bond acceptors (Lipinski definition) is 5. The molecule has 1 aromatic rings. The maximum atomic E-state index is 11.8. The lowest BCUT2D eigenvalue weighted by Crippen LogP contribution is -2.19. The normalized spacial score (nSPS) is 17.9. The van der Waals surface area contributed by atoms with Crippen molar-refractivity contribution in [3.8, 4) is 5.75 Å². The Balaban J connectivity index is 1.76. The molecule has 1 saturated heterocycles. The monoisotopic (exact) mass is 280 g/mol. The molecule has 1 unspecified atom stereocenters. The summed E-state index contributed by atoms with van der Waals surface area (Å²) in [4.78, 5) is 11.8. The highest BCUT2D eigenvalue weighted by Gasteiger charge is 2.16. The van der Waals surface area contributed by atoms with Crippen LogP contribution in [0.15, 0.2) is 18.2 Å². The van der Waals surface area contributed by atoms with Gasteiger partial charge in [0.1, 0.15) is 5.75 Å². The molecule has 6 heteroatoms. The summed E-state index contributed by atoms with van der Waals surface area (Å²) in [5.74, 6) is 0.533. The number of carbonyl (C=O) groups is 1. The van der Waals surface area contributed by atoms with Crippen LogP contribution < -0.4 is 15.8 Å². The number of rotatable bonds is 6. The molecule has 1 heterocycles. The molecule has 110 valence electrons. The van der Waals surface area contributed by atoms with Gasteiger partial charge in [-0.15, -0.1) is 0 Å². The van der Waals surface area contributed by atoms with Crippen molar-refractivity contribution in [2.75, 3.05) is 38.0 Å². The molecule has 0 spiro atoms.